The number of aliphatic imine (C=N–C) groups is 1. The van der Waals surface area contributed by atoms with Gasteiger partial charge in [0.25, 0.3) is 5.91 Å². The van der Waals surface area contributed by atoms with E-state index in [0.717, 1.165) is 0 Å². The van der Waals surface area contributed by atoms with Crippen molar-refractivity contribution in [1.82, 2.24) is 5.06 Å². The molecule has 0 aromatic heterocycles. The van der Waals surface area contributed by atoms with Gasteiger partial charge in [0.2, 0.25) is 0 Å². The number of carbonyl (C=O) groups excluding carboxylic acids is 1. The number of benzene rings is 1. The van der Waals surface area contributed by atoms with E-state index in [-0.39, 0.29) is 11.4 Å². The van der Waals surface area contributed by atoms with Gasteiger partial charge in [-0.25, -0.2) is 0 Å². The summed E-state index contributed by atoms with van der Waals surface area (Å²) in [4.78, 5) is 21.6. The van der Waals surface area contributed by atoms with Crippen molar-refractivity contribution in [2.75, 3.05) is 13.7 Å². The number of allylic oxidation sites excluding steroid dienone is 1. The van der Waals surface area contributed by atoms with Crippen molar-refractivity contribution in [3.63, 3.8) is 0 Å². The first kappa shape index (κ1) is 17.0. The van der Waals surface area contributed by atoms with Gasteiger partial charge in [0.15, 0.2) is 23.2 Å². The zero-order chi connectivity index (χ0) is 18.1. The van der Waals surface area contributed by atoms with Crippen molar-refractivity contribution < 1.29 is 19.1 Å². The summed E-state index contributed by atoms with van der Waals surface area (Å²) in [6.07, 6.45) is 3.12. The molecule has 0 atom stereocenters. The number of ether oxygens (including phenoxy) is 2. The number of halogens is 1. The highest BCUT2D eigenvalue weighted by Crippen LogP contribution is 2.37. The molecule has 1 aromatic carbocycles. The topological polar surface area (TPSA) is 84.2 Å². The molecule has 130 valence electrons. The van der Waals surface area contributed by atoms with Crippen LogP contribution in [0, 0.1) is 5.41 Å². The average molecular weight is 362 g/mol. The molecule has 25 heavy (non-hydrogen) atoms. The lowest BCUT2D eigenvalue weighted by Gasteiger charge is -2.23. The van der Waals surface area contributed by atoms with Gasteiger partial charge in [0, 0.05) is 6.08 Å². The number of hydroxylamine groups is 2. The molecule has 0 bridgehead atoms. The molecule has 2 aliphatic heterocycles. The van der Waals surface area contributed by atoms with Crippen molar-refractivity contribution in [1.29, 1.82) is 5.41 Å². The second kappa shape index (κ2) is 6.60. The van der Waals surface area contributed by atoms with Crippen LogP contribution >= 0.6 is 11.6 Å². The maximum Gasteiger partial charge on any atom is 0.282 e. The normalized spacial score (nSPS) is 17.9. The third-order valence-corrected chi connectivity index (χ3v) is 3.81. The fraction of sp³-hybridized carbons (Fsp3) is 0.235. The molecule has 0 unspecified atom stereocenters. The van der Waals surface area contributed by atoms with Crippen LogP contribution in [0.2, 0.25) is 5.02 Å². The van der Waals surface area contributed by atoms with Crippen molar-refractivity contribution in [2.45, 2.75) is 13.8 Å². The first-order chi connectivity index (χ1) is 11.9. The van der Waals surface area contributed by atoms with E-state index in [0.29, 0.717) is 40.3 Å². The molecule has 1 amide bonds. The monoisotopic (exact) mass is 361 g/mol. The summed E-state index contributed by atoms with van der Waals surface area (Å²) in [5.41, 5.74) is 0.676. The van der Waals surface area contributed by atoms with Crippen LogP contribution in [-0.4, -0.2) is 36.4 Å². The van der Waals surface area contributed by atoms with Crippen LogP contribution in [0.1, 0.15) is 19.4 Å². The zero-order valence-electron chi connectivity index (χ0n) is 13.9. The second-order valence-electron chi connectivity index (χ2n) is 5.29. The summed E-state index contributed by atoms with van der Waals surface area (Å²) in [5, 5.41) is 9.77. The quantitative estimate of drug-likeness (QED) is 0.832. The van der Waals surface area contributed by atoms with E-state index in [1.165, 1.54) is 18.2 Å². The summed E-state index contributed by atoms with van der Waals surface area (Å²) in [6.45, 7) is 4.00. The minimum atomic E-state index is -0.519. The summed E-state index contributed by atoms with van der Waals surface area (Å²) in [7, 11) is 1.50. The second-order valence-corrected chi connectivity index (χ2v) is 5.70. The van der Waals surface area contributed by atoms with Gasteiger partial charge in [0.1, 0.15) is 5.76 Å². The molecule has 2 heterocycles. The lowest BCUT2D eigenvalue weighted by atomic mass is 10.1. The van der Waals surface area contributed by atoms with Crippen molar-refractivity contribution >= 4 is 35.3 Å². The Bertz CT molecular complexity index is 858. The van der Waals surface area contributed by atoms with E-state index in [4.69, 9.17) is 31.3 Å². The predicted octanol–water partition coefficient (Wildman–Crippen LogP) is 3.20. The zero-order valence-corrected chi connectivity index (χ0v) is 14.7. The Morgan fingerprint density at radius 3 is 2.88 bits per heavy atom. The third-order valence-electron chi connectivity index (χ3n) is 3.53. The van der Waals surface area contributed by atoms with E-state index >= 15 is 0 Å². The number of hydrogen-bond donors (Lipinski definition) is 1. The molecule has 2 aliphatic rings. The summed E-state index contributed by atoms with van der Waals surface area (Å²) >= 11 is 6.25. The van der Waals surface area contributed by atoms with Crippen LogP contribution in [0.4, 0.5) is 0 Å². The summed E-state index contributed by atoms with van der Waals surface area (Å²) in [6, 6.07) is 3.31. The highest BCUT2D eigenvalue weighted by atomic mass is 35.5. The minimum Gasteiger partial charge on any atom is -0.493 e. The minimum absolute atomic E-state index is 0.0907. The molecule has 7 nitrogen and oxygen atoms in total. The van der Waals surface area contributed by atoms with Gasteiger partial charge >= 0.3 is 0 Å². The predicted molar refractivity (Wildman–Crippen MR) is 94.0 cm³/mol. The Morgan fingerprint density at radius 2 is 2.20 bits per heavy atom. The number of methoxy groups -OCH3 is 1. The molecule has 1 aromatic rings. The third kappa shape index (κ3) is 3.10. The lowest BCUT2D eigenvalue weighted by molar-refractivity contribution is -0.114. The number of carbonyl (C=O) groups is 1. The fourth-order valence-corrected chi connectivity index (χ4v) is 2.75. The fourth-order valence-electron chi connectivity index (χ4n) is 2.47. The van der Waals surface area contributed by atoms with E-state index < -0.39 is 5.91 Å². The van der Waals surface area contributed by atoms with Gasteiger partial charge in [-0.2, -0.15) is 4.99 Å². The van der Waals surface area contributed by atoms with E-state index in [1.807, 2.05) is 6.92 Å². The molecule has 0 saturated heterocycles. The maximum atomic E-state index is 12.3. The molecule has 0 fully saturated rings. The number of rotatable bonds is 4. The molecule has 0 saturated carbocycles. The summed E-state index contributed by atoms with van der Waals surface area (Å²) < 4.78 is 10.8. The molecular formula is C17H16ClN3O4. The van der Waals surface area contributed by atoms with Gasteiger partial charge in [-0.1, -0.05) is 11.6 Å². The Morgan fingerprint density at radius 1 is 1.44 bits per heavy atom. The van der Waals surface area contributed by atoms with Crippen molar-refractivity contribution in [3.8, 4) is 11.5 Å². The van der Waals surface area contributed by atoms with Gasteiger partial charge < -0.3 is 14.3 Å². The maximum absolute atomic E-state index is 12.3. The Kier molecular flexibility index (Phi) is 4.50. The molecular weight excluding hydrogens is 346 g/mol. The van der Waals surface area contributed by atoms with Crippen LogP contribution in [-0.2, 0) is 9.63 Å². The van der Waals surface area contributed by atoms with Crippen LogP contribution < -0.4 is 9.47 Å². The average Bonchev–Trinajstić information content (AvgIpc) is 2.94. The number of nitrogens with zero attached hydrogens (tertiary/aromatic N) is 2. The largest absolute Gasteiger partial charge is 0.493 e. The summed E-state index contributed by atoms with van der Waals surface area (Å²) in [5.74, 6) is 1.12. The van der Waals surface area contributed by atoms with E-state index in [1.54, 1.807) is 25.1 Å². The van der Waals surface area contributed by atoms with Crippen molar-refractivity contribution in [2.24, 2.45) is 4.99 Å². The molecule has 8 heteroatoms. The highest BCUT2D eigenvalue weighted by molar-refractivity contribution is 6.33. The first-order valence-corrected chi connectivity index (χ1v) is 7.92. The van der Waals surface area contributed by atoms with Crippen LogP contribution in [0.5, 0.6) is 11.5 Å². The molecule has 3 rings (SSSR count). The van der Waals surface area contributed by atoms with Gasteiger partial charge in [-0.3, -0.25) is 10.2 Å². The highest BCUT2D eigenvalue weighted by Gasteiger charge is 2.34. The smallest absolute Gasteiger partial charge is 0.282 e. The number of fused-ring (bicyclic) bond motifs is 1. The van der Waals surface area contributed by atoms with Crippen LogP contribution in [0.15, 0.2) is 34.5 Å². The Labute approximate surface area is 149 Å². The van der Waals surface area contributed by atoms with Gasteiger partial charge in [0.05, 0.1) is 24.3 Å². The van der Waals surface area contributed by atoms with Crippen molar-refractivity contribution in [3.05, 3.63) is 40.1 Å². The molecule has 0 spiro atoms. The van der Waals surface area contributed by atoms with Gasteiger partial charge in [-0.05, 0) is 37.6 Å². The number of hydrogen-bond acceptors (Lipinski definition) is 5. The van der Waals surface area contributed by atoms with E-state index in [9.17, 15) is 4.79 Å². The number of amidine groups is 2. The van der Waals surface area contributed by atoms with Gasteiger partial charge in [-0.15, -0.1) is 5.06 Å². The van der Waals surface area contributed by atoms with Crippen LogP contribution in [0.3, 0.4) is 0 Å². The Hall–Kier alpha value is -2.80. The van der Waals surface area contributed by atoms with E-state index in [2.05, 4.69) is 4.99 Å². The standard InChI is InChI=1S/C17H16ClN3O4/c1-4-24-15-12(18)7-10(8-13(15)23-3)6-11-16(19)21-14(20-17(11)22)5-9(2)25-21/h5-8,19H,4H2,1-3H3/b11-6-,19-16?. The number of amides is 1. The lowest BCUT2D eigenvalue weighted by Crippen LogP contribution is -2.38. The molecule has 0 aliphatic carbocycles. The van der Waals surface area contributed by atoms with Crippen LogP contribution in [0.25, 0.3) is 6.08 Å². The Balaban J connectivity index is 2.00. The first-order valence-electron chi connectivity index (χ1n) is 7.55. The number of nitrogens with one attached hydrogen (secondary N) is 1. The SMILES string of the molecule is CCOc1c(Cl)cc(/C=C2/C(=N)N3OC(C)=CC3=NC2=O)cc1OC. The molecule has 1 N–H and O–H groups in total. The molecule has 0 radical (unpaired) electrons.